The molecule has 2 aromatic rings. The summed E-state index contributed by atoms with van der Waals surface area (Å²) in [5.41, 5.74) is 2.89. The minimum absolute atomic E-state index is 0.117. The number of halogens is 1. The topological polar surface area (TPSA) is 44.3 Å². The third-order valence-corrected chi connectivity index (χ3v) is 4.49. The van der Waals surface area contributed by atoms with Gasteiger partial charge in [-0.1, -0.05) is 0 Å². The van der Waals surface area contributed by atoms with Gasteiger partial charge in [-0.2, -0.15) is 0 Å². The molecule has 3 rings (SSSR count). The van der Waals surface area contributed by atoms with Crippen LogP contribution in [0.4, 0.5) is 4.39 Å². The van der Waals surface area contributed by atoms with Crippen molar-refractivity contribution in [2.45, 2.75) is 26.3 Å². The molecule has 2 N–H and O–H groups in total. The summed E-state index contributed by atoms with van der Waals surface area (Å²) in [5.74, 6) is 1.91. The molecule has 0 aromatic heterocycles. The molecule has 0 aliphatic carbocycles. The molecule has 1 heterocycles. The Morgan fingerprint density at radius 3 is 2.44 bits per heavy atom. The van der Waals surface area contributed by atoms with Crippen molar-refractivity contribution in [3.05, 3.63) is 52.8 Å². The number of hydrogen-bond acceptors (Lipinski definition) is 3. The predicted molar refractivity (Wildman–Crippen MR) is 94.1 cm³/mol. The molecule has 0 unspecified atom stereocenters. The van der Waals surface area contributed by atoms with Crippen LogP contribution in [0.25, 0.3) is 0 Å². The van der Waals surface area contributed by atoms with Crippen molar-refractivity contribution in [1.82, 2.24) is 0 Å². The van der Waals surface area contributed by atoms with Gasteiger partial charge in [-0.15, -0.1) is 0 Å². The number of nitrogens with two attached hydrogens (primary N) is 1. The van der Waals surface area contributed by atoms with Crippen LogP contribution < -0.4 is 19.5 Å². The van der Waals surface area contributed by atoms with E-state index in [4.69, 9.17) is 14.2 Å². The second-order valence-electron chi connectivity index (χ2n) is 6.00. The van der Waals surface area contributed by atoms with Crippen LogP contribution in [0.5, 0.6) is 17.2 Å². The van der Waals surface area contributed by atoms with Crippen LogP contribution in [0, 0.1) is 5.82 Å². The molecule has 0 radical (unpaired) electrons. The van der Waals surface area contributed by atoms with Gasteiger partial charge in [0.15, 0.2) is 11.5 Å². The van der Waals surface area contributed by atoms with E-state index < -0.39 is 0 Å². The first-order valence-corrected chi connectivity index (χ1v) is 8.77. The lowest BCUT2D eigenvalue weighted by molar-refractivity contribution is -0.690. The van der Waals surface area contributed by atoms with E-state index in [0.717, 1.165) is 24.3 Å². The molecule has 1 atom stereocenters. The Balaban J connectivity index is 2.08. The van der Waals surface area contributed by atoms with Crippen LogP contribution in [0.2, 0.25) is 0 Å². The Hall–Kier alpha value is -2.27. The van der Waals surface area contributed by atoms with E-state index in [2.05, 4.69) is 5.32 Å². The predicted octanol–water partition coefficient (Wildman–Crippen LogP) is 2.84. The molecule has 0 spiro atoms. The number of methoxy groups -OCH3 is 1. The summed E-state index contributed by atoms with van der Waals surface area (Å²) in [6.45, 7) is 5.94. The van der Waals surface area contributed by atoms with E-state index in [1.54, 1.807) is 19.2 Å². The third kappa shape index (κ3) is 3.56. The summed E-state index contributed by atoms with van der Waals surface area (Å²) < 4.78 is 31.3. The standard InChI is InChI=1S/C20H24FNO3/c1-4-24-18-10-13-8-9-22-20(15(13)12-19(18)25-5-2)16-11-14(23-3)6-7-17(16)21/h6-7,10-12,20,22H,4-5,8-9H2,1-3H3/p+1/t20-/m0/s1. The van der Waals surface area contributed by atoms with E-state index in [0.29, 0.717) is 30.3 Å². The van der Waals surface area contributed by atoms with Crippen molar-refractivity contribution in [1.29, 1.82) is 0 Å². The maximum Gasteiger partial charge on any atom is 0.161 e. The second kappa shape index (κ2) is 7.74. The van der Waals surface area contributed by atoms with Gasteiger partial charge >= 0.3 is 0 Å². The largest absolute Gasteiger partial charge is 0.497 e. The summed E-state index contributed by atoms with van der Waals surface area (Å²) in [7, 11) is 1.59. The first-order valence-electron chi connectivity index (χ1n) is 8.77. The fourth-order valence-corrected chi connectivity index (χ4v) is 3.37. The Bertz CT molecular complexity index is 748. The zero-order chi connectivity index (χ0) is 17.8. The molecule has 0 saturated heterocycles. The molecular weight excluding hydrogens is 321 g/mol. The molecule has 4 nitrogen and oxygen atoms in total. The Morgan fingerprint density at radius 1 is 1.04 bits per heavy atom. The molecule has 1 aliphatic heterocycles. The lowest BCUT2D eigenvalue weighted by atomic mass is 9.89. The highest BCUT2D eigenvalue weighted by Gasteiger charge is 2.29. The summed E-state index contributed by atoms with van der Waals surface area (Å²) >= 11 is 0. The quantitative estimate of drug-likeness (QED) is 0.875. The highest BCUT2D eigenvalue weighted by molar-refractivity contribution is 5.51. The first-order chi connectivity index (χ1) is 12.2. The molecule has 134 valence electrons. The van der Waals surface area contributed by atoms with Crippen molar-refractivity contribution in [3.8, 4) is 17.2 Å². The molecule has 0 bridgehead atoms. The Labute approximate surface area is 147 Å². The molecule has 0 fully saturated rings. The van der Waals surface area contributed by atoms with E-state index in [1.165, 1.54) is 11.6 Å². The number of ether oxygens (including phenoxy) is 3. The SMILES string of the molecule is CCOc1cc2c(cc1OCC)[C@@H](c1cc(OC)ccc1F)[NH2+]CC2. The highest BCUT2D eigenvalue weighted by Crippen LogP contribution is 2.37. The summed E-state index contributed by atoms with van der Waals surface area (Å²) in [6, 6.07) is 8.82. The van der Waals surface area contributed by atoms with Gasteiger partial charge in [0.25, 0.3) is 0 Å². The van der Waals surface area contributed by atoms with Gasteiger partial charge in [-0.3, -0.25) is 0 Å². The Morgan fingerprint density at radius 2 is 1.76 bits per heavy atom. The van der Waals surface area contributed by atoms with E-state index in [9.17, 15) is 4.39 Å². The molecule has 1 aliphatic rings. The van der Waals surface area contributed by atoms with Crippen molar-refractivity contribution in [2.24, 2.45) is 0 Å². The van der Waals surface area contributed by atoms with Crippen LogP contribution >= 0.6 is 0 Å². The fourth-order valence-electron chi connectivity index (χ4n) is 3.37. The number of hydrogen-bond donors (Lipinski definition) is 1. The minimum atomic E-state index is -0.221. The molecule has 0 amide bonds. The minimum Gasteiger partial charge on any atom is -0.497 e. The van der Waals surface area contributed by atoms with Crippen molar-refractivity contribution in [2.75, 3.05) is 26.9 Å². The molecule has 25 heavy (non-hydrogen) atoms. The maximum atomic E-state index is 14.5. The number of benzene rings is 2. The maximum absolute atomic E-state index is 14.5. The summed E-state index contributed by atoms with van der Waals surface area (Å²) in [5, 5.41) is 2.16. The Kier molecular flexibility index (Phi) is 5.43. The van der Waals surface area contributed by atoms with Crippen molar-refractivity contribution in [3.63, 3.8) is 0 Å². The van der Waals surface area contributed by atoms with Crippen LogP contribution in [-0.2, 0) is 6.42 Å². The van der Waals surface area contributed by atoms with Gasteiger partial charge in [0, 0.05) is 12.0 Å². The van der Waals surface area contributed by atoms with E-state index in [-0.39, 0.29) is 11.9 Å². The van der Waals surface area contributed by atoms with Gasteiger partial charge in [0.2, 0.25) is 0 Å². The van der Waals surface area contributed by atoms with Gasteiger partial charge in [0.05, 0.1) is 32.4 Å². The average molecular weight is 346 g/mol. The fraction of sp³-hybridized carbons (Fsp3) is 0.400. The number of rotatable bonds is 6. The van der Waals surface area contributed by atoms with Gasteiger partial charge < -0.3 is 19.5 Å². The number of fused-ring (bicyclic) bond motifs is 1. The van der Waals surface area contributed by atoms with Crippen LogP contribution in [0.1, 0.15) is 36.6 Å². The smallest absolute Gasteiger partial charge is 0.161 e. The van der Waals surface area contributed by atoms with E-state index in [1.807, 2.05) is 26.0 Å². The number of quaternary nitrogens is 1. The summed E-state index contributed by atoms with van der Waals surface area (Å²) in [6.07, 6.45) is 0.921. The van der Waals surface area contributed by atoms with E-state index >= 15 is 0 Å². The lowest BCUT2D eigenvalue weighted by Crippen LogP contribution is -2.87. The highest BCUT2D eigenvalue weighted by atomic mass is 19.1. The lowest BCUT2D eigenvalue weighted by Gasteiger charge is -2.26. The van der Waals surface area contributed by atoms with Gasteiger partial charge in [-0.05, 0) is 49.7 Å². The molecule has 5 heteroatoms. The summed E-state index contributed by atoms with van der Waals surface area (Å²) in [4.78, 5) is 0. The third-order valence-electron chi connectivity index (χ3n) is 4.49. The van der Waals surface area contributed by atoms with Crippen LogP contribution in [-0.4, -0.2) is 26.9 Å². The molecule has 2 aromatic carbocycles. The molecule has 0 saturated carbocycles. The van der Waals surface area contributed by atoms with Crippen molar-refractivity contribution < 1.29 is 23.9 Å². The normalized spacial score (nSPS) is 16.2. The van der Waals surface area contributed by atoms with Crippen LogP contribution in [0.15, 0.2) is 30.3 Å². The van der Waals surface area contributed by atoms with Gasteiger partial charge in [-0.25, -0.2) is 4.39 Å². The monoisotopic (exact) mass is 346 g/mol. The zero-order valence-corrected chi connectivity index (χ0v) is 15.0. The van der Waals surface area contributed by atoms with Crippen LogP contribution in [0.3, 0.4) is 0 Å². The second-order valence-corrected chi connectivity index (χ2v) is 6.00. The average Bonchev–Trinajstić information content (AvgIpc) is 2.63. The van der Waals surface area contributed by atoms with Gasteiger partial charge in [0.1, 0.15) is 17.6 Å². The zero-order valence-electron chi connectivity index (χ0n) is 15.0. The first kappa shape index (κ1) is 17.5. The van der Waals surface area contributed by atoms with Crippen molar-refractivity contribution >= 4 is 0 Å². The molecular formula is C20H25FNO3+.